The van der Waals surface area contributed by atoms with Crippen LogP contribution in [0.3, 0.4) is 0 Å². The van der Waals surface area contributed by atoms with Crippen molar-refractivity contribution < 1.29 is 4.79 Å². The van der Waals surface area contributed by atoms with Gasteiger partial charge in [-0.3, -0.25) is 4.79 Å². The second-order valence-electron chi connectivity index (χ2n) is 2.06. The molecule has 0 unspecified atom stereocenters. The molecule has 2 aromatic rings. The van der Waals surface area contributed by atoms with Gasteiger partial charge in [-0.05, 0) is 6.07 Å². The molecule has 2 aromatic heterocycles. The van der Waals surface area contributed by atoms with E-state index in [1.54, 1.807) is 11.3 Å². The summed E-state index contributed by atoms with van der Waals surface area (Å²) in [5.41, 5.74) is 0.744. The number of thiophene rings is 2. The highest BCUT2D eigenvalue weighted by molar-refractivity contribution is 7.39. The molecule has 2 rings (SSSR count). The Kier molecular flexibility index (Phi) is 1.71. The normalized spacial score (nSPS) is 10.6. The second-order valence-corrected chi connectivity index (χ2v) is 4.88. The van der Waals surface area contributed by atoms with E-state index >= 15 is 0 Å². The molecule has 0 aliphatic heterocycles. The monoisotopic (exact) mass is 202 g/mol. The maximum Gasteiger partial charge on any atom is 0.151 e. The van der Waals surface area contributed by atoms with Crippen LogP contribution in [-0.2, 0) is 0 Å². The minimum Gasteiger partial charge on any atom is -0.298 e. The third-order valence-corrected chi connectivity index (χ3v) is 3.80. The zero-order chi connectivity index (χ0) is 7.84. The van der Waals surface area contributed by atoms with Crippen LogP contribution in [0.1, 0.15) is 10.4 Å². The Hall–Kier alpha value is -0.380. The van der Waals surface area contributed by atoms with Crippen LogP contribution in [0.25, 0.3) is 9.40 Å². The Morgan fingerprint density at radius 2 is 2.36 bits per heavy atom. The maximum atomic E-state index is 10.5. The molecule has 11 heavy (non-hydrogen) atoms. The molecule has 0 aromatic carbocycles. The van der Waals surface area contributed by atoms with Crippen molar-refractivity contribution in [2.45, 2.75) is 0 Å². The summed E-state index contributed by atoms with van der Waals surface area (Å²) in [6, 6.07) is 1.84. The summed E-state index contributed by atoms with van der Waals surface area (Å²) in [7, 11) is 0. The molecule has 0 radical (unpaired) electrons. The van der Waals surface area contributed by atoms with Crippen molar-refractivity contribution in [2.24, 2.45) is 0 Å². The SMILES string of the molecule is O=Cc1csc2sc(Cl)cc12. The van der Waals surface area contributed by atoms with Crippen LogP contribution >= 0.6 is 34.3 Å². The lowest BCUT2D eigenvalue weighted by Crippen LogP contribution is -1.69. The number of fused-ring (bicyclic) bond motifs is 1. The topological polar surface area (TPSA) is 17.1 Å². The van der Waals surface area contributed by atoms with Crippen molar-refractivity contribution in [3.63, 3.8) is 0 Å². The molecular weight excluding hydrogens is 200 g/mol. The summed E-state index contributed by atoms with van der Waals surface area (Å²) < 4.78 is 1.87. The summed E-state index contributed by atoms with van der Waals surface area (Å²) in [6.45, 7) is 0. The summed E-state index contributed by atoms with van der Waals surface area (Å²) >= 11 is 8.84. The van der Waals surface area contributed by atoms with Gasteiger partial charge in [0.1, 0.15) is 0 Å². The molecule has 0 saturated heterocycles. The Bertz CT molecular complexity index is 401. The molecule has 4 heteroatoms. The lowest BCUT2D eigenvalue weighted by molar-refractivity contribution is 0.112. The van der Waals surface area contributed by atoms with Gasteiger partial charge in [0.15, 0.2) is 6.29 Å². The van der Waals surface area contributed by atoms with Gasteiger partial charge in [-0.1, -0.05) is 11.6 Å². The first kappa shape index (κ1) is 7.28. The standard InChI is InChI=1S/C7H3ClOS2/c8-6-1-5-4(2-9)3-10-7(5)11-6/h1-3H. The van der Waals surface area contributed by atoms with Crippen LogP contribution in [-0.4, -0.2) is 6.29 Å². The largest absolute Gasteiger partial charge is 0.298 e. The van der Waals surface area contributed by atoms with Crippen molar-refractivity contribution >= 4 is 50.0 Å². The van der Waals surface area contributed by atoms with Gasteiger partial charge in [0, 0.05) is 16.3 Å². The summed E-state index contributed by atoms with van der Waals surface area (Å²) in [4.78, 5) is 10.5. The van der Waals surface area contributed by atoms with Crippen molar-refractivity contribution in [1.82, 2.24) is 0 Å². The fourth-order valence-corrected chi connectivity index (χ4v) is 3.35. The number of carbonyl (C=O) groups is 1. The van der Waals surface area contributed by atoms with Gasteiger partial charge in [-0.25, -0.2) is 0 Å². The van der Waals surface area contributed by atoms with Crippen LogP contribution in [0.15, 0.2) is 11.4 Å². The molecule has 0 spiro atoms. The van der Waals surface area contributed by atoms with Gasteiger partial charge in [-0.15, -0.1) is 22.7 Å². The minimum atomic E-state index is 0.744. The number of aldehydes is 1. The molecule has 1 nitrogen and oxygen atoms in total. The van der Waals surface area contributed by atoms with E-state index in [1.165, 1.54) is 11.3 Å². The minimum absolute atomic E-state index is 0.744. The molecule has 2 heterocycles. The quantitative estimate of drug-likeness (QED) is 0.648. The van der Waals surface area contributed by atoms with Crippen molar-refractivity contribution in [1.29, 1.82) is 0 Å². The van der Waals surface area contributed by atoms with Gasteiger partial charge in [-0.2, -0.15) is 0 Å². The molecule has 0 amide bonds. The van der Waals surface area contributed by atoms with E-state index < -0.39 is 0 Å². The number of carbonyl (C=O) groups excluding carboxylic acids is 1. The molecule has 0 bridgehead atoms. The van der Waals surface area contributed by atoms with Crippen LogP contribution < -0.4 is 0 Å². The van der Waals surface area contributed by atoms with Gasteiger partial charge in [0.25, 0.3) is 0 Å². The Morgan fingerprint density at radius 3 is 3.09 bits per heavy atom. The van der Waals surface area contributed by atoms with E-state index in [0.29, 0.717) is 0 Å². The highest BCUT2D eigenvalue weighted by Crippen LogP contribution is 2.35. The number of hydrogen-bond donors (Lipinski definition) is 0. The lowest BCUT2D eigenvalue weighted by atomic mass is 10.3. The van der Waals surface area contributed by atoms with E-state index in [0.717, 1.165) is 25.6 Å². The Balaban J connectivity index is 2.83. The first-order valence-electron chi connectivity index (χ1n) is 2.93. The van der Waals surface area contributed by atoms with E-state index in [9.17, 15) is 4.79 Å². The predicted octanol–water partition coefficient (Wildman–Crippen LogP) is 3.43. The summed E-state index contributed by atoms with van der Waals surface area (Å²) in [5, 5.41) is 2.84. The van der Waals surface area contributed by atoms with Gasteiger partial charge in [0.05, 0.1) is 8.35 Å². The summed E-state index contributed by atoms with van der Waals surface area (Å²) in [6.07, 6.45) is 0.863. The van der Waals surface area contributed by atoms with Crippen LogP contribution in [0.5, 0.6) is 0 Å². The van der Waals surface area contributed by atoms with Crippen molar-refractivity contribution in [2.75, 3.05) is 0 Å². The molecular formula is C7H3ClOS2. The molecule has 0 atom stereocenters. The third kappa shape index (κ3) is 1.09. The van der Waals surface area contributed by atoms with E-state index in [2.05, 4.69) is 0 Å². The fraction of sp³-hybridized carbons (Fsp3) is 0. The second kappa shape index (κ2) is 2.59. The fourth-order valence-electron chi connectivity index (χ4n) is 0.906. The molecule has 56 valence electrons. The number of halogens is 1. The van der Waals surface area contributed by atoms with E-state index in [1.807, 2.05) is 11.4 Å². The number of hydrogen-bond acceptors (Lipinski definition) is 3. The van der Waals surface area contributed by atoms with Crippen molar-refractivity contribution in [3.8, 4) is 0 Å². The van der Waals surface area contributed by atoms with Gasteiger partial charge >= 0.3 is 0 Å². The predicted molar refractivity (Wildman–Crippen MR) is 50.1 cm³/mol. The molecule has 0 N–H and O–H groups in total. The van der Waals surface area contributed by atoms with Crippen LogP contribution in [0.4, 0.5) is 0 Å². The average Bonchev–Trinajstić information content (AvgIpc) is 2.45. The van der Waals surface area contributed by atoms with Gasteiger partial charge in [0.2, 0.25) is 0 Å². The first-order chi connectivity index (χ1) is 5.31. The Morgan fingerprint density at radius 1 is 1.55 bits per heavy atom. The Labute approximate surface area is 76.2 Å². The van der Waals surface area contributed by atoms with E-state index in [-0.39, 0.29) is 0 Å². The number of rotatable bonds is 1. The lowest BCUT2D eigenvalue weighted by Gasteiger charge is -1.76. The molecule has 0 aliphatic carbocycles. The smallest absolute Gasteiger partial charge is 0.151 e. The highest BCUT2D eigenvalue weighted by atomic mass is 35.5. The molecule has 0 saturated carbocycles. The zero-order valence-corrected chi connectivity index (χ0v) is 7.72. The molecule has 0 fully saturated rings. The zero-order valence-electron chi connectivity index (χ0n) is 5.33. The molecule has 0 aliphatic rings. The highest BCUT2D eigenvalue weighted by Gasteiger charge is 2.05. The van der Waals surface area contributed by atoms with Crippen LogP contribution in [0, 0.1) is 0 Å². The third-order valence-electron chi connectivity index (χ3n) is 1.40. The average molecular weight is 203 g/mol. The maximum absolute atomic E-state index is 10.5. The van der Waals surface area contributed by atoms with Crippen LogP contribution in [0.2, 0.25) is 4.34 Å². The van der Waals surface area contributed by atoms with E-state index in [4.69, 9.17) is 11.6 Å². The van der Waals surface area contributed by atoms with Gasteiger partial charge < -0.3 is 0 Å². The van der Waals surface area contributed by atoms with Crippen molar-refractivity contribution in [3.05, 3.63) is 21.3 Å². The first-order valence-corrected chi connectivity index (χ1v) is 5.00. The summed E-state index contributed by atoms with van der Waals surface area (Å²) in [5.74, 6) is 0.